The van der Waals surface area contributed by atoms with Crippen molar-refractivity contribution in [2.45, 2.75) is 25.0 Å². The molecule has 1 N–H and O–H groups in total. The molecule has 0 fully saturated rings. The molecule has 0 amide bonds. The van der Waals surface area contributed by atoms with E-state index in [2.05, 4.69) is 11.4 Å². The van der Waals surface area contributed by atoms with Crippen molar-refractivity contribution < 1.29 is 12.8 Å². The lowest BCUT2D eigenvalue weighted by atomic mass is 10.2. The minimum atomic E-state index is -3.49. The van der Waals surface area contributed by atoms with Gasteiger partial charge in [0.2, 0.25) is 5.09 Å². The third-order valence-corrected chi connectivity index (χ3v) is 4.60. The molecule has 6 heteroatoms. The summed E-state index contributed by atoms with van der Waals surface area (Å²) in [7, 11) is -1.71. The molecular weight excluding hydrogens is 252 g/mol. The van der Waals surface area contributed by atoms with Crippen molar-refractivity contribution >= 4 is 10.0 Å². The van der Waals surface area contributed by atoms with Gasteiger partial charge in [0, 0.05) is 13.1 Å². The largest absolute Gasteiger partial charge is 0.447 e. The topological polar surface area (TPSA) is 62.6 Å². The summed E-state index contributed by atoms with van der Waals surface area (Å²) in [4.78, 5) is 0. The van der Waals surface area contributed by atoms with Crippen LogP contribution in [-0.2, 0) is 16.6 Å². The lowest BCUT2D eigenvalue weighted by molar-refractivity contribution is 0.371. The maximum Gasteiger partial charge on any atom is 0.276 e. The summed E-state index contributed by atoms with van der Waals surface area (Å²) >= 11 is 0. The third kappa shape index (κ3) is 2.66. The van der Waals surface area contributed by atoms with Crippen LogP contribution in [-0.4, -0.2) is 32.9 Å². The van der Waals surface area contributed by atoms with E-state index in [0.717, 1.165) is 12.0 Å². The molecule has 0 saturated carbocycles. The molecule has 18 heavy (non-hydrogen) atoms. The molecule has 1 aromatic rings. The molecule has 0 saturated heterocycles. The van der Waals surface area contributed by atoms with Crippen LogP contribution in [0.25, 0.3) is 0 Å². The summed E-state index contributed by atoms with van der Waals surface area (Å²) in [6.45, 7) is 3.43. The lowest BCUT2D eigenvalue weighted by Crippen LogP contribution is -2.35. The van der Waals surface area contributed by atoms with E-state index in [-0.39, 0.29) is 5.09 Å². The number of nitrogens with zero attached hydrogens (tertiary/aromatic N) is 1. The Hall–Kier alpha value is -1.11. The van der Waals surface area contributed by atoms with Crippen molar-refractivity contribution in [1.82, 2.24) is 9.62 Å². The fourth-order valence-electron chi connectivity index (χ4n) is 1.98. The van der Waals surface area contributed by atoms with Crippen LogP contribution in [0.3, 0.4) is 0 Å². The molecular formula is C12H18N2O3S. The fourth-order valence-corrected chi connectivity index (χ4v) is 3.40. The van der Waals surface area contributed by atoms with Crippen LogP contribution in [0, 0.1) is 0 Å². The van der Waals surface area contributed by atoms with Crippen LogP contribution in [0.5, 0.6) is 0 Å². The molecule has 0 unspecified atom stereocenters. The second kappa shape index (κ2) is 5.26. The van der Waals surface area contributed by atoms with Gasteiger partial charge in [-0.2, -0.15) is 4.31 Å². The summed E-state index contributed by atoms with van der Waals surface area (Å²) in [5.41, 5.74) is 1.08. The van der Waals surface area contributed by atoms with Gasteiger partial charge >= 0.3 is 0 Å². The number of hydrogen-bond acceptors (Lipinski definition) is 4. The summed E-state index contributed by atoms with van der Waals surface area (Å²) in [6.07, 6.45) is 2.83. The molecule has 100 valence electrons. The van der Waals surface area contributed by atoms with E-state index in [9.17, 15) is 8.42 Å². The van der Waals surface area contributed by atoms with E-state index in [1.165, 1.54) is 10.4 Å². The predicted molar refractivity (Wildman–Crippen MR) is 68.6 cm³/mol. The molecule has 2 rings (SSSR count). The number of rotatable bonds is 4. The van der Waals surface area contributed by atoms with Crippen molar-refractivity contribution in [2.75, 3.05) is 20.1 Å². The molecule has 2 heterocycles. The van der Waals surface area contributed by atoms with E-state index < -0.39 is 10.0 Å². The highest BCUT2D eigenvalue weighted by molar-refractivity contribution is 7.89. The van der Waals surface area contributed by atoms with E-state index in [1.807, 2.05) is 6.92 Å². The normalized spacial score (nSPS) is 17.8. The molecule has 0 atom stereocenters. The first-order valence-electron chi connectivity index (χ1n) is 5.93. The quantitative estimate of drug-likeness (QED) is 0.839. The van der Waals surface area contributed by atoms with Gasteiger partial charge in [0.15, 0.2) is 0 Å². The second-order valence-corrected chi connectivity index (χ2v) is 6.30. The zero-order valence-corrected chi connectivity index (χ0v) is 11.5. The van der Waals surface area contributed by atoms with Crippen LogP contribution in [0.15, 0.2) is 33.3 Å². The Bertz CT molecular complexity index is 545. The first-order chi connectivity index (χ1) is 8.54. The molecule has 0 aromatic carbocycles. The molecule has 1 aromatic heterocycles. The van der Waals surface area contributed by atoms with E-state index in [1.54, 1.807) is 13.1 Å². The maximum absolute atomic E-state index is 12.3. The van der Waals surface area contributed by atoms with Gasteiger partial charge in [0.1, 0.15) is 5.76 Å². The Labute approximate surface area is 108 Å². The summed E-state index contributed by atoms with van der Waals surface area (Å²) < 4.78 is 31.5. The highest BCUT2D eigenvalue weighted by Crippen LogP contribution is 2.22. The summed E-state index contributed by atoms with van der Waals surface area (Å²) in [5, 5.41) is 2.95. The second-order valence-electron chi connectivity index (χ2n) is 4.43. The molecule has 1 aliphatic heterocycles. The fraction of sp³-hybridized carbons (Fsp3) is 0.500. The van der Waals surface area contributed by atoms with Gasteiger partial charge in [-0.15, -0.1) is 0 Å². The summed E-state index contributed by atoms with van der Waals surface area (Å²) in [5.74, 6) is 0.625. The van der Waals surface area contributed by atoms with Gasteiger partial charge in [-0.25, -0.2) is 8.42 Å². The Kier molecular flexibility index (Phi) is 3.89. The van der Waals surface area contributed by atoms with Crippen molar-refractivity contribution in [3.8, 4) is 0 Å². The average molecular weight is 270 g/mol. The number of sulfonamides is 1. The first-order valence-corrected chi connectivity index (χ1v) is 7.37. The highest BCUT2D eigenvalue weighted by Gasteiger charge is 2.28. The van der Waals surface area contributed by atoms with Crippen molar-refractivity contribution in [3.63, 3.8) is 0 Å². The zero-order chi connectivity index (χ0) is 13.2. The monoisotopic (exact) mass is 270 g/mol. The van der Waals surface area contributed by atoms with Gasteiger partial charge in [-0.05, 0) is 32.5 Å². The van der Waals surface area contributed by atoms with Gasteiger partial charge in [-0.1, -0.05) is 11.6 Å². The maximum atomic E-state index is 12.3. The predicted octanol–water partition coefficient (Wildman–Crippen LogP) is 1.34. The molecule has 0 spiro atoms. The number of hydrogen-bond donors (Lipinski definition) is 1. The van der Waals surface area contributed by atoms with Crippen molar-refractivity contribution in [3.05, 3.63) is 29.5 Å². The van der Waals surface area contributed by atoms with Gasteiger partial charge in [0.25, 0.3) is 10.0 Å². The Morgan fingerprint density at radius 1 is 1.44 bits per heavy atom. The minimum Gasteiger partial charge on any atom is -0.447 e. The molecule has 1 aliphatic rings. The van der Waals surface area contributed by atoms with E-state index >= 15 is 0 Å². The van der Waals surface area contributed by atoms with Crippen LogP contribution < -0.4 is 5.32 Å². The van der Waals surface area contributed by atoms with E-state index in [4.69, 9.17) is 4.42 Å². The third-order valence-electron chi connectivity index (χ3n) is 2.88. The van der Waals surface area contributed by atoms with Crippen LogP contribution in [0.2, 0.25) is 0 Å². The van der Waals surface area contributed by atoms with E-state index in [0.29, 0.717) is 25.4 Å². The summed E-state index contributed by atoms with van der Waals surface area (Å²) in [6, 6.07) is 3.21. The Balaban J connectivity index is 2.22. The minimum absolute atomic E-state index is 0.0300. The van der Waals surface area contributed by atoms with Crippen molar-refractivity contribution in [2.24, 2.45) is 0 Å². The average Bonchev–Trinajstić information content (AvgIpc) is 2.79. The molecule has 0 aliphatic carbocycles. The van der Waals surface area contributed by atoms with Crippen molar-refractivity contribution in [1.29, 1.82) is 0 Å². The first kappa shape index (κ1) is 13.3. The zero-order valence-electron chi connectivity index (χ0n) is 10.6. The molecule has 5 nitrogen and oxygen atoms in total. The number of nitrogens with one attached hydrogen (secondary N) is 1. The van der Waals surface area contributed by atoms with Crippen LogP contribution in [0.4, 0.5) is 0 Å². The van der Waals surface area contributed by atoms with Gasteiger partial charge < -0.3 is 9.73 Å². The SMILES string of the molecule is CNCc1ccc(S(=O)(=O)N2CCC=C(C)C2)o1. The standard InChI is InChI=1S/C12H18N2O3S/c1-10-4-3-7-14(9-10)18(15,16)12-6-5-11(17-12)8-13-2/h4-6,13H,3,7-9H2,1-2H3. The smallest absolute Gasteiger partial charge is 0.276 e. The highest BCUT2D eigenvalue weighted by atomic mass is 32.2. The molecule has 0 radical (unpaired) electrons. The lowest BCUT2D eigenvalue weighted by Gasteiger charge is -2.24. The van der Waals surface area contributed by atoms with Gasteiger partial charge in [-0.3, -0.25) is 0 Å². The Morgan fingerprint density at radius 2 is 2.22 bits per heavy atom. The van der Waals surface area contributed by atoms with Crippen LogP contribution >= 0.6 is 0 Å². The van der Waals surface area contributed by atoms with Crippen LogP contribution in [0.1, 0.15) is 19.1 Å². The molecule has 0 bridgehead atoms. The van der Waals surface area contributed by atoms with Gasteiger partial charge in [0.05, 0.1) is 6.54 Å². The Morgan fingerprint density at radius 3 is 2.89 bits per heavy atom. The number of furan rings is 1.